The van der Waals surface area contributed by atoms with Crippen molar-refractivity contribution in [1.29, 1.82) is 0 Å². The van der Waals surface area contributed by atoms with Gasteiger partial charge >= 0.3 is 11.9 Å². The van der Waals surface area contributed by atoms with Gasteiger partial charge in [-0.1, -0.05) is 19.1 Å². The number of cyclic esters (lactones) is 2. The molecule has 1 heterocycles. The topological polar surface area (TPSA) is 64.6 Å². The van der Waals surface area contributed by atoms with Gasteiger partial charge in [-0.15, -0.1) is 11.8 Å². The zero-order valence-corrected chi connectivity index (χ0v) is 13.0. The molecule has 0 spiro atoms. The molecule has 2 rings (SSSR count). The molecule has 0 bridgehead atoms. The normalized spacial score (nSPS) is 17.0. The maximum Gasteiger partial charge on any atom is 0.350 e. The number of carbonyl (C=O) groups is 2. The number of anilines is 1. The van der Waals surface area contributed by atoms with Crippen LogP contribution in [0.2, 0.25) is 0 Å². The number of rotatable bonds is 4. The van der Waals surface area contributed by atoms with Crippen molar-refractivity contribution in [3.63, 3.8) is 0 Å². The SMILES string of the molecule is CCSc1ccccc1NC=C1C(=O)OC(C)(C)OC1=O. The van der Waals surface area contributed by atoms with Crippen molar-refractivity contribution >= 4 is 29.4 Å². The monoisotopic (exact) mass is 307 g/mol. The van der Waals surface area contributed by atoms with Crippen LogP contribution in [-0.4, -0.2) is 23.5 Å². The Bertz CT molecular complexity index is 573. The second-order valence-electron chi connectivity index (χ2n) is 4.81. The van der Waals surface area contributed by atoms with Crippen LogP contribution in [0.5, 0.6) is 0 Å². The van der Waals surface area contributed by atoms with E-state index < -0.39 is 17.7 Å². The minimum atomic E-state index is -1.22. The highest BCUT2D eigenvalue weighted by atomic mass is 32.2. The Morgan fingerprint density at radius 2 is 1.81 bits per heavy atom. The molecule has 1 aliphatic heterocycles. The van der Waals surface area contributed by atoms with Crippen LogP contribution >= 0.6 is 11.8 Å². The van der Waals surface area contributed by atoms with Gasteiger partial charge in [0, 0.05) is 24.9 Å². The van der Waals surface area contributed by atoms with Gasteiger partial charge in [-0.25, -0.2) is 9.59 Å². The summed E-state index contributed by atoms with van der Waals surface area (Å²) in [6.45, 7) is 5.08. The number of para-hydroxylation sites is 1. The van der Waals surface area contributed by atoms with Crippen molar-refractivity contribution in [3.8, 4) is 0 Å². The molecule has 0 saturated carbocycles. The van der Waals surface area contributed by atoms with Gasteiger partial charge < -0.3 is 14.8 Å². The van der Waals surface area contributed by atoms with E-state index in [1.165, 1.54) is 20.0 Å². The van der Waals surface area contributed by atoms with Crippen molar-refractivity contribution in [2.45, 2.75) is 31.5 Å². The highest BCUT2D eigenvalue weighted by Gasteiger charge is 2.38. The van der Waals surface area contributed by atoms with Crippen molar-refractivity contribution in [3.05, 3.63) is 36.0 Å². The number of benzene rings is 1. The maximum absolute atomic E-state index is 11.8. The quantitative estimate of drug-likeness (QED) is 0.399. The van der Waals surface area contributed by atoms with E-state index in [-0.39, 0.29) is 5.57 Å². The summed E-state index contributed by atoms with van der Waals surface area (Å²) >= 11 is 1.67. The highest BCUT2D eigenvalue weighted by Crippen LogP contribution is 2.27. The van der Waals surface area contributed by atoms with E-state index in [0.717, 1.165) is 16.3 Å². The minimum absolute atomic E-state index is 0.148. The third-order valence-electron chi connectivity index (χ3n) is 2.68. The number of carbonyl (C=O) groups excluding carboxylic acids is 2. The molecule has 1 aromatic rings. The number of ether oxygens (including phenoxy) is 2. The fraction of sp³-hybridized carbons (Fsp3) is 0.333. The summed E-state index contributed by atoms with van der Waals surface area (Å²) in [5.74, 6) is -1.68. The number of nitrogens with one attached hydrogen (secondary N) is 1. The molecule has 1 aliphatic rings. The van der Waals surface area contributed by atoms with Crippen LogP contribution < -0.4 is 5.32 Å². The predicted molar refractivity (Wildman–Crippen MR) is 80.8 cm³/mol. The third kappa shape index (κ3) is 3.78. The second kappa shape index (κ2) is 6.22. The van der Waals surface area contributed by atoms with Gasteiger partial charge in [-0.05, 0) is 17.9 Å². The van der Waals surface area contributed by atoms with Gasteiger partial charge in [-0.3, -0.25) is 0 Å². The molecule has 5 nitrogen and oxygen atoms in total. The summed E-state index contributed by atoms with van der Waals surface area (Å²) in [6.07, 6.45) is 1.33. The van der Waals surface area contributed by atoms with E-state index in [4.69, 9.17) is 9.47 Å². The van der Waals surface area contributed by atoms with Crippen molar-refractivity contribution in [2.75, 3.05) is 11.1 Å². The largest absolute Gasteiger partial charge is 0.419 e. The Morgan fingerprint density at radius 1 is 1.19 bits per heavy atom. The molecule has 0 aliphatic carbocycles. The Labute approximate surface area is 127 Å². The van der Waals surface area contributed by atoms with Gasteiger partial charge in [0.1, 0.15) is 0 Å². The summed E-state index contributed by atoms with van der Waals surface area (Å²) in [4.78, 5) is 24.7. The summed E-state index contributed by atoms with van der Waals surface area (Å²) < 4.78 is 10.1. The molecule has 1 N–H and O–H groups in total. The standard InChI is InChI=1S/C15H17NO4S/c1-4-21-12-8-6-5-7-11(12)16-9-10-13(17)19-15(2,3)20-14(10)18/h5-9,16H,4H2,1-3H3. The number of hydrogen-bond acceptors (Lipinski definition) is 6. The lowest BCUT2D eigenvalue weighted by Crippen LogP contribution is -2.42. The average molecular weight is 307 g/mol. The number of hydrogen-bond donors (Lipinski definition) is 1. The van der Waals surface area contributed by atoms with E-state index in [1.54, 1.807) is 11.8 Å². The first-order valence-electron chi connectivity index (χ1n) is 6.58. The molecule has 0 amide bonds. The van der Waals surface area contributed by atoms with Crippen molar-refractivity contribution in [1.82, 2.24) is 0 Å². The van der Waals surface area contributed by atoms with Crippen LogP contribution in [0.15, 0.2) is 40.9 Å². The van der Waals surface area contributed by atoms with Crippen LogP contribution in [0.4, 0.5) is 5.69 Å². The molecular formula is C15H17NO4S. The third-order valence-corrected chi connectivity index (χ3v) is 3.63. The van der Waals surface area contributed by atoms with Crippen LogP contribution in [0.25, 0.3) is 0 Å². The van der Waals surface area contributed by atoms with Gasteiger partial charge in [0.25, 0.3) is 5.79 Å². The zero-order valence-electron chi connectivity index (χ0n) is 12.1. The Kier molecular flexibility index (Phi) is 4.57. The summed E-state index contributed by atoms with van der Waals surface area (Å²) in [5, 5.41) is 2.97. The first-order valence-corrected chi connectivity index (χ1v) is 7.56. The molecular weight excluding hydrogens is 290 g/mol. The van der Waals surface area contributed by atoms with E-state index in [1.807, 2.05) is 24.3 Å². The van der Waals surface area contributed by atoms with E-state index in [9.17, 15) is 9.59 Å². The summed E-state index contributed by atoms with van der Waals surface area (Å²) in [7, 11) is 0. The highest BCUT2D eigenvalue weighted by molar-refractivity contribution is 7.99. The van der Waals surface area contributed by atoms with Crippen LogP contribution in [0.3, 0.4) is 0 Å². The zero-order chi connectivity index (χ0) is 15.5. The summed E-state index contributed by atoms with van der Waals surface area (Å²) in [5.41, 5.74) is 0.674. The predicted octanol–water partition coefficient (Wildman–Crippen LogP) is 2.93. The molecule has 0 radical (unpaired) electrons. The van der Waals surface area contributed by atoms with Crippen molar-refractivity contribution < 1.29 is 19.1 Å². The fourth-order valence-corrected chi connectivity index (χ4v) is 2.56. The van der Waals surface area contributed by atoms with Crippen LogP contribution in [-0.2, 0) is 19.1 Å². The van der Waals surface area contributed by atoms with Gasteiger partial charge in [0.2, 0.25) is 0 Å². The first-order chi connectivity index (χ1) is 9.93. The smallest absolute Gasteiger partial charge is 0.350 e. The van der Waals surface area contributed by atoms with E-state index >= 15 is 0 Å². The maximum atomic E-state index is 11.8. The number of esters is 2. The molecule has 0 aromatic heterocycles. The minimum Gasteiger partial charge on any atom is -0.419 e. The Hall–Kier alpha value is -1.95. The van der Waals surface area contributed by atoms with Gasteiger partial charge in [-0.2, -0.15) is 0 Å². The molecule has 1 saturated heterocycles. The molecule has 0 unspecified atom stereocenters. The number of thioether (sulfide) groups is 1. The Balaban J connectivity index is 2.18. The van der Waals surface area contributed by atoms with E-state index in [0.29, 0.717) is 0 Å². The molecule has 1 fully saturated rings. The second-order valence-corrected chi connectivity index (χ2v) is 6.12. The van der Waals surface area contributed by atoms with E-state index in [2.05, 4.69) is 12.2 Å². The molecule has 1 aromatic carbocycles. The Morgan fingerprint density at radius 3 is 2.43 bits per heavy atom. The lowest BCUT2D eigenvalue weighted by Gasteiger charge is -2.29. The van der Waals surface area contributed by atoms with Gasteiger partial charge in [0.05, 0.1) is 5.69 Å². The van der Waals surface area contributed by atoms with Crippen LogP contribution in [0, 0.1) is 0 Å². The molecule has 112 valence electrons. The fourth-order valence-electron chi connectivity index (χ4n) is 1.80. The average Bonchev–Trinajstić information content (AvgIpc) is 2.38. The van der Waals surface area contributed by atoms with Crippen molar-refractivity contribution in [2.24, 2.45) is 0 Å². The molecule has 0 atom stereocenters. The molecule has 21 heavy (non-hydrogen) atoms. The van der Waals surface area contributed by atoms with Crippen LogP contribution in [0.1, 0.15) is 20.8 Å². The lowest BCUT2D eigenvalue weighted by molar-refractivity contribution is -0.222. The summed E-state index contributed by atoms with van der Waals surface area (Å²) in [6, 6.07) is 7.65. The lowest BCUT2D eigenvalue weighted by atomic mass is 10.2. The first kappa shape index (κ1) is 15.4. The molecule has 6 heteroatoms. The van der Waals surface area contributed by atoms with Gasteiger partial charge in [0.15, 0.2) is 5.57 Å².